The molecule has 78 valence electrons. The van der Waals surface area contributed by atoms with Crippen molar-refractivity contribution in [2.75, 3.05) is 6.61 Å². The topological polar surface area (TPSA) is 22.1 Å². The first kappa shape index (κ1) is 11.3. The molecule has 0 saturated heterocycles. The third-order valence-electron chi connectivity index (χ3n) is 1.82. The van der Waals surface area contributed by atoms with Gasteiger partial charge in [-0.25, -0.2) is 4.98 Å². The van der Waals surface area contributed by atoms with Crippen LogP contribution >= 0.6 is 11.6 Å². The van der Waals surface area contributed by atoms with Crippen molar-refractivity contribution in [1.82, 2.24) is 4.98 Å². The molecule has 3 heteroatoms. The van der Waals surface area contributed by atoms with E-state index in [2.05, 4.69) is 25.8 Å². The normalized spacial score (nSPS) is 11.4. The number of halogens is 1. The van der Waals surface area contributed by atoms with Crippen LogP contribution in [0.4, 0.5) is 0 Å². The highest BCUT2D eigenvalue weighted by Crippen LogP contribution is 2.20. The minimum absolute atomic E-state index is 0.302. The average Bonchev–Trinajstić information content (AvgIpc) is 2.01. The minimum atomic E-state index is 0.302. The van der Waals surface area contributed by atoms with E-state index in [1.165, 1.54) is 0 Å². The summed E-state index contributed by atoms with van der Waals surface area (Å²) in [5.74, 6) is 0.786. The number of ether oxygens (including phenoxy) is 1. The van der Waals surface area contributed by atoms with Crippen molar-refractivity contribution in [3.63, 3.8) is 0 Å². The minimum Gasteiger partial charge on any atom is -0.493 e. The zero-order valence-corrected chi connectivity index (χ0v) is 9.64. The molecule has 0 unspecified atom stereocenters. The highest BCUT2D eigenvalue weighted by Gasteiger charge is 2.09. The van der Waals surface area contributed by atoms with Crippen LogP contribution in [-0.4, -0.2) is 11.6 Å². The molecule has 14 heavy (non-hydrogen) atoms. The van der Waals surface area contributed by atoms with Gasteiger partial charge in [0.15, 0.2) is 0 Å². The van der Waals surface area contributed by atoms with Crippen molar-refractivity contribution in [1.29, 1.82) is 0 Å². The van der Waals surface area contributed by atoms with Crippen molar-refractivity contribution in [2.45, 2.75) is 27.2 Å². The van der Waals surface area contributed by atoms with E-state index in [9.17, 15) is 0 Å². The van der Waals surface area contributed by atoms with Crippen LogP contribution in [0.25, 0.3) is 0 Å². The number of hydrogen-bond acceptors (Lipinski definition) is 2. The van der Waals surface area contributed by atoms with E-state index in [1.807, 2.05) is 6.07 Å². The van der Waals surface area contributed by atoms with E-state index in [0.717, 1.165) is 12.2 Å². The first-order chi connectivity index (χ1) is 6.47. The Labute approximate surface area is 90.3 Å². The number of rotatable bonds is 3. The second-order valence-corrected chi connectivity index (χ2v) is 4.86. The highest BCUT2D eigenvalue weighted by molar-refractivity contribution is 6.29. The third-order valence-corrected chi connectivity index (χ3v) is 2.03. The molecule has 0 fully saturated rings. The maximum absolute atomic E-state index is 5.72. The molecule has 0 spiro atoms. The molecule has 0 amide bonds. The molecule has 1 aromatic heterocycles. The quantitative estimate of drug-likeness (QED) is 0.717. The van der Waals surface area contributed by atoms with Crippen LogP contribution in [0.2, 0.25) is 5.15 Å². The Morgan fingerprint density at radius 1 is 1.43 bits per heavy atom. The number of nitrogens with zero attached hydrogens (tertiary/aromatic N) is 1. The maximum Gasteiger partial charge on any atom is 0.132 e. The lowest BCUT2D eigenvalue weighted by molar-refractivity contribution is 0.243. The van der Waals surface area contributed by atoms with Gasteiger partial charge in [0.25, 0.3) is 0 Å². The van der Waals surface area contributed by atoms with Crippen LogP contribution in [0.15, 0.2) is 18.3 Å². The summed E-state index contributed by atoms with van der Waals surface area (Å²) in [7, 11) is 0. The molecule has 1 rings (SSSR count). The van der Waals surface area contributed by atoms with E-state index in [-0.39, 0.29) is 0 Å². The van der Waals surface area contributed by atoms with Crippen molar-refractivity contribution in [2.24, 2.45) is 5.41 Å². The molecular weight excluding hydrogens is 198 g/mol. The zero-order valence-electron chi connectivity index (χ0n) is 8.88. The summed E-state index contributed by atoms with van der Waals surface area (Å²) in [5, 5.41) is 0.471. The second-order valence-electron chi connectivity index (χ2n) is 4.47. The van der Waals surface area contributed by atoms with E-state index >= 15 is 0 Å². The SMILES string of the molecule is CC(C)(C)CCOc1ccnc(Cl)c1. The van der Waals surface area contributed by atoms with Gasteiger partial charge in [0.1, 0.15) is 10.9 Å². The van der Waals surface area contributed by atoms with Gasteiger partial charge in [0.2, 0.25) is 0 Å². The highest BCUT2D eigenvalue weighted by atomic mass is 35.5. The third kappa shape index (κ3) is 4.47. The van der Waals surface area contributed by atoms with Crippen LogP contribution in [0.5, 0.6) is 5.75 Å². The van der Waals surface area contributed by atoms with Gasteiger partial charge >= 0.3 is 0 Å². The lowest BCUT2D eigenvalue weighted by Gasteiger charge is -2.17. The Morgan fingerprint density at radius 3 is 2.71 bits per heavy atom. The number of aromatic nitrogens is 1. The summed E-state index contributed by atoms with van der Waals surface area (Å²) in [5.41, 5.74) is 0.302. The fourth-order valence-corrected chi connectivity index (χ4v) is 1.11. The van der Waals surface area contributed by atoms with E-state index in [0.29, 0.717) is 17.2 Å². The van der Waals surface area contributed by atoms with Gasteiger partial charge < -0.3 is 4.74 Å². The summed E-state index contributed by atoms with van der Waals surface area (Å²) in [6.45, 7) is 7.28. The summed E-state index contributed by atoms with van der Waals surface area (Å²) in [6.07, 6.45) is 2.67. The maximum atomic E-state index is 5.72. The Kier molecular flexibility index (Phi) is 3.76. The first-order valence-electron chi connectivity index (χ1n) is 4.72. The molecule has 0 radical (unpaired) electrons. The Bertz CT molecular complexity index is 294. The molecule has 0 aliphatic rings. The van der Waals surface area contributed by atoms with Gasteiger partial charge in [0, 0.05) is 12.3 Å². The Balaban J connectivity index is 2.39. The molecule has 0 aliphatic carbocycles. The van der Waals surface area contributed by atoms with Gasteiger partial charge in [0.05, 0.1) is 6.61 Å². The molecule has 1 heterocycles. The Morgan fingerprint density at radius 2 is 2.14 bits per heavy atom. The molecule has 0 N–H and O–H groups in total. The largest absolute Gasteiger partial charge is 0.493 e. The summed E-state index contributed by atoms with van der Waals surface area (Å²) in [6, 6.07) is 3.54. The standard InChI is InChI=1S/C11H16ClNO/c1-11(2,3)5-7-14-9-4-6-13-10(12)8-9/h4,6,8H,5,7H2,1-3H3. The summed E-state index contributed by atoms with van der Waals surface area (Å²) < 4.78 is 5.54. The first-order valence-corrected chi connectivity index (χ1v) is 5.09. The van der Waals surface area contributed by atoms with Crippen LogP contribution in [0.1, 0.15) is 27.2 Å². The predicted octanol–water partition coefficient (Wildman–Crippen LogP) is 3.55. The summed E-state index contributed by atoms with van der Waals surface area (Å²) >= 11 is 5.72. The Hall–Kier alpha value is -0.760. The smallest absolute Gasteiger partial charge is 0.132 e. The van der Waals surface area contributed by atoms with Crippen molar-refractivity contribution >= 4 is 11.6 Å². The second kappa shape index (κ2) is 4.65. The monoisotopic (exact) mass is 213 g/mol. The van der Waals surface area contributed by atoms with Gasteiger partial charge in [-0.3, -0.25) is 0 Å². The zero-order chi connectivity index (χ0) is 10.6. The van der Waals surface area contributed by atoms with E-state index in [1.54, 1.807) is 12.3 Å². The molecule has 1 aromatic rings. The molecule has 0 aliphatic heterocycles. The number of pyridine rings is 1. The fourth-order valence-electron chi connectivity index (χ4n) is 0.950. The number of hydrogen-bond donors (Lipinski definition) is 0. The van der Waals surface area contributed by atoms with E-state index < -0.39 is 0 Å². The van der Waals surface area contributed by atoms with Gasteiger partial charge in [-0.2, -0.15) is 0 Å². The lowest BCUT2D eigenvalue weighted by Crippen LogP contribution is -2.11. The summed E-state index contributed by atoms with van der Waals surface area (Å²) in [4.78, 5) is 3.88. The fraction of sp³-hybridized carbons (Fsp3) is 0.545. The van der Waals surface area contributed by atoms with Crippen LogP contribution in [0, 0.1) is 5.41 Å². The van der Waals surface area contributed by atoms with Crippen LogP contribution < -0.4 is 4.74 Å². The van der Waals surface area contributed by atoms with E-state index in [4.69, 9.17) is 16.3 Å². The molecule has 2 nitrogen and oxygen atoms in total. The van der Waals surface area contributed by atoms with Crippen LogP contribution in [0.3, 0.4) is 0 Å². The van der Waals surface area contributed by atoms with Gasteiger partial charge in [-0.05, 0) is 17.9 Å². The average molecular weight is 214 g/mol. The van der Waals surface area contributed by atoms with Crippen molar-refractivity contribution < 1.29 is 4.74 Å². The van der Waals surface area contributed by atoms with Crippen molar-refractivity contribution in [3.05, 3.63) is 23.5 Å². The molecular formula is C11H16ClNO. The van der Waals surface area contributed by atoms with Gasteiger partial charge in [-0.1, -0.05) is 32.4 Å². The molecule has 0 aromatic carbocycles. The van der Waals surface area contributed by atoms with Crippen molar-refractivity contribution in [3.8, 4) is 5.75 Å². The molecule has 0 atom stereocenters. The molecule has 0 saturated carbocycles. The molecule has 0 bridgehead atoms. The predicted molar refractivity (Wildman–Crippen MR) is 58.8 cm³/mol. The van der Waals surface area contributed by atoms with Gasteiger partial charge in [-0.15, -0.1) is 0 Å². The lowest BCUT2D eigenvalue weighted by atomic mass is 9.93. The van der Waals surface area contributed by atoms with Crippen LogP contribution in [-0.2, 0) is 0 Å².